The molecule has 0 N–H and O–H groups in total. The Morgan fingerprint density at radius 3 is 2.73 bits per heavy atom. The third kappa shape index (κ3) is 3.16. The van der Waals surface area contributed by atoms with Gasteiger partial charge >= 0.3 is 0 Å². The van der Waals surface area contributed by atoms with E-state index in [2.05, 4.69) is 14.9 Å². The zero-order valence-corrected chi connectivity index (χ0v) is 12.3. The monoisotopic (exact) mass is 302 g/mol. The molecule has 116 valence electrons. The number of nitrogens with zero attached hydrogens (tertiary/aromatic N) is 4. The lowest BCUT2D eigenvalue weighted by molar-refractivity contribution is 0.0941. The molecule has 0 aromatic heterocycles. The number of rotatable bonds is 5. The van der Waals surface area contributed by atoms with Crippen LogP contribution in [0.15, 0.2) is 23.3 Å². The number of carbonyl (C=O) groups is 1. The van der Waals surface area contributed by atoms with Gasteiger partial charge in [-0.15, -0.1) is 0 Å². The maximum Gasteiger partial charge on any atom is 0.173 e. The fourth-order valence-electron chi connectivity index (χ4n) is 2.83. The number of hydrogen-bond acceptors (Lipinski definition) is 5. The van der Waals surface area contributed by atoms with Crippen LogP contribution in [-0.4, -0.2) is 49.6 Å². The molecule has 1 saturated heterocycles. The second-order valence-corrected chi connectivity index (χ2v) is 5.45. The smallest absolute Gasteiger partial charge is 0.173 e. The van der Waals surface area contributed by atoms with Crippen LogP contribution in [0.5, 0.6) is 11.5 Å². The lowest BCUT2D eigenvalue weighted by Crippen LogP contribution is -2.34. The fraction of sp³-hybridized carbons (Fsp3) is 0.533. The number of Topliss-reactive ketones (excluding diaryl/α,β-unsaturated/α-hetero) is 1. The molecule has 1 atom stereocenters. The minimum atomic E-state index is -0.703. The van der Waals surface area contributed by atoms with Crippen LogP contribution in [0, 0.1) is 0 Å². The lowest BCUT2D eigenvalue weighted by atomic mass is 10.0. The number of benzene rings is 1. The van der Waals surface area contributed by atoms with Crippen molar-refractivity contribution in [3.63, 3.8) is 0 Å². The average molecular weight is 302 g/mol. The highest BCUT2D eigenvalue weighted by atomic mass is 16.6. The molecule has 2 heterocycles. The molecule has 0 bridgehead atoms. The summed E-state index contributed by atoms with van der Waals surface area (Å²) in [6.45, 7) is 3.35. The zero-order valence-electron chi connectivity index (χ0n) is 12.3. The average Bonchev–Trinajstić information content (AvgIpc) is 3.06. The van der Waals surface area contributed by atoms with Gasteiger partial charge in [-0.3, -0.25) is 4.79 Å². The molecule has 3 rings (SSSR count). The fourth-order valence-corrected chi connectivity index (χ4v) is 2.83. The van der Waals surface area contributed by atoms with Crippen molar-refractivity contribution in [2.45, 2.75) is 18.9 Å². The topological polar surface area (TPSA) is 87.5 Å². The Balaban J connectivity index is 1.78. The Labute approximate surface area is 128 Å². The molecule has 0 aliphatic carbocycles. The van der Waals surface area contributed by atoms with Gasteiger partial charge in [0.2, 0.25) is 0 Å². The van der Waals surface area contributed by atoms with Crippen LogP contribution >= 0.6 is 0 Å². The van der Waals surface area contributed by atoms with E-state index in [1.807, 2.05) is 0 Å². The van der Waals surface area contributed by atoms with Crippen molar-refractivity contribution in [2.24, 2.45) is 5.11 Å². The van der Waals surface area contributed by atoms with Crippen LogP contribution in [0.2, 0.25) is 0 Å². The van der Waals surface area contributed by atoms with Gasteiger partial charge in [-0.2, -0.15) is 0 Å². The molecule has 7 nitrogen and oxygen atoms in total. The summed E-state index contributed by atoms with van der Waals surface area (Å²) < 4.78 is 10.9. The van der Waals surface area contributed by atoms with Crippen LogP contribution < -0.4 is 9.47 Å². The first-order chi connectivity index (χ1) is 10.8. The van der Waals surface area contributed by atoms with Crippen molar-refractivity contribution < 1.29 is 14.3 Å². The van der Waals surface area contributed by atoms with Gasteiger partial charge in [0.15, 0.2) is 17.3 Å². The largest absolute Gasteiger partial charge is 0.486 e. The molecule has 0 amide bonds. The van der Waals surface area contributed by atoms with Gasteiger partial charge in [-0.1, -0.05) is 5.11 Å². The van der Waals surface area contributed by atoms with E-state index in [1.165, 1.54) is 0 Å². The van der Waals surface area contributed by atoms with Crippen molar-refractivity contribution in [3.05, 3.63) is 34.2 Å². The van der Waals surface area contributed by atoms with Crippen LogP contribution in [0.4, 0.5) is 0 Å². The second kappa shape index (κ2) is 6.68. The molecular weight excluding hydrogens is 284 g/mol. The molecule has 2 aliphatic rings. The summed E-state index contributed by atoms with van der Waals surface area (Å²) in [5, 5.41) is 3.69. The van der Waals surface area contributed by atoms with Crippen molar-refractivity contribution >= 4 is 5.78 Å². The molecular formula is C15H18N4O3. The number of hydrogen-bond donors (Lipinski definition) is 0. The number of likely N-dealkylation sites (tertiary alicyclic amines) is 1. The van der Waals surface area contributed by atoms with E-state index in [4.69, 9.17) is 15.0 Å². The predicted octanol–water partition coefficient (Wildman–Crippen LogP) is 2.42. The molecule has 2 aliphatic heterocycles. The van der Waals surface area contributed by atoms with Gasteiger partial charge in [0.1, 0.15) is 19.3 Å². The van der Waals surface area contributed by atoms with E-state index in [1.54, 1.807) is 18.2 Å². The summed E-state index contributed by atoms with van der Waals surface area (Å²) in [4.78, 5) is 17.6. The molecule has 22 heavy (non-hydrogen) atoms. The minimum absolute atomic E-state index is 0.179. The highest BCUT2D eigenvalue weighted by molar-refractivity contribution is 6.01. The van der Waals surface area contributed by atoms with E-state index in [0.29, 0.717) is 36.8 Å². The number of ketones is 1. The first-order valence-corrected chi connectivity index (χ1v) is 7.48. The minimum Gasteiger partial charge on any atom is -0.486 e. The van der Waals surface area contributed by atoms with E-state index >= 15 is 0 Å². The normalized spacial score (nSPS) is 18.5. The zero-order chi connectivity index (χ0) is 15.4. The third-order valence-corrected chi connectivity index (χ3v) is 3.95. The highest BCUT2D eigenvalue weighted by Gasteiger charge is 2.25. The molecule has 7 heteroatoms. The summed E-state index contributed by atoms with van der Waals surface area (Å²) >= 11 is 0. The number of carbonyl (C=O) groups excluding carboxylic acids is 1. The number of azide groups is 1. The third-order valence-electron chi connectivity index (χ3n) is 3.95. The lowest BCUT2D eigenvalue weighted by Gasteiger charge is -2.21. The molecule has 0 unspecified atom stereocenters. The van der Waals surface area contributed by atoms with Gasteiger partial charge in [-0.05, 0) is 49.7 Å². The summed E-state index contributed by atoms with van der Waals surface area (Å²) in [5.41, 5.74) is 9.23. The van der Waals surface area contributed by atoms with Crippen LogP contribution in [0.25, 0.3) is 10.4 Å². The Hall–Kier alpha value is -2.24. The van der Waals surface area contributed by atoms with Crippen molar-refractivity contribution in [3.8, 4) is 11.5 Å². The summed E-state index contributed by atoms with van der Waals surface area (Å²) in [6.07, 6.45) is 2.25. The van der Waals surface area contributed by atoms with E-state index in [0.717, 1.165) is 25.9 Å². The summed E-state index contributed by atoms with van der Waals surface area (Å²) in [5.74, 6) is 1.03. The summed E-state index contributed by atoms with van der Waals surface area (Å²) in [6, 6.07) is 4.39. The summed E-state index contributed by atoms with van der Waals surface area (Å²) in [7, 11) is 0. The first-order valence-electron chi connectivity index (χ1n) is 7.48. The van der Waals surface area contributed by atoms with Gasteiger partial charge in [0.05, 0.1) is 0 Å². The maximum absolute atomic E-state index is 12.6. The van der Waals surface area contributed by atoms with Crippen molar-refractivity contribution in [2.75, 3.05) is 32.8 Å². The van der Waals surface area contributed by atoms with Crippen LogP contribution in [0.1, 0.15) is 23.2 Å². The van der Waals surface area contributed by atoms with E-state index in [9.17, 15) is 4.79 Å². The van der Waals surface area contributed by atoms with Gasteiger partial charge in [-0.25, -0.2) is 0 Å². The molecule has 0 spiro atoms. The number of fused-ring (bicyclic) bond motifs is 1. The Morgan fingerprint density at radius 1 is 1.27 bits per heavy atom. The van der Waals surface area contributed by atoms with E-state index < -0.39 is 6.04 Å². The van der Waals surface area contributed by atoms with Crippen molar-refractivity contribution in [1.29, 1.82) is 0 Å². The predicted molar refractivity (Wildman–Crippen MR) is 80.4 cm³/mol. The maximum atomic E-state index is 12.6. The molecule has 0 radical (unpaired) electrons. The molecule has 1 aromatic rings. The van der Waals surface area contributed by atoms with Crippen LogP contribution in [0.3, 0.4) is 0 Å². The SMILES string of the molecule is [N-]=[N+]=N[C@H](CN1CCCC1)C(=O)c1ccc2c(c1)OCCO2. The first kappa shape index (κ1) is 14.7. The molecule has 1 fully saturated rings. The highest BCUT2D eigenvalue weighted by Crippen LogP contribution is 2.31. The molecule has 1 aromatic carbocycles. The van der Waals surface area contributed by atoms with Crippen LogP contribution in [-0.2, 0) is 0 Å². The van der Waals surface area contributed by atoms with Gasteiger partial charge in [0, 0.05) is 17.0 Å². The van der Waals surface area contributed by atoms with Gasteiger partial charge in [0.25, 0.3) is 0 Å². The van der Waals surface area contributed by atoms with Gasteiger partial charge < -0.3 is 14.4 Å². The second-order valence-electron chi connectivity index (χ2n) is 5.45. The Kier molecular flexibility index (Phi) is 4.46. The van der Waals surface area contributed by atoms with Crippen molar-refractivity contribution in [1.82, 2.24) is 4.90 Å². The Bertz CT molecular complexity index is 607. The Morgan fingerprint density at radius 2 is 2.00 bits per heavy atom. The molecule has 0 saturated carbocycles. The standard InChI is InChI=1S/C15H18N4O3/c16-18-17-12(10-19-5-1-2-6-19)15(20)11-3-4-13-14(9-11)22-8-7-21-13/h3-4,9,12H,1-2,5-8,10H2/t12-/m1/s1. The number of ether oxygens (including phenoxy) is 2. The van der Waals surface area contributed by atoms with E-state index in [-0.39, 0.29) is 5.78 Å². The quantitative estimate of drug-likeness (QED) is 0.361.